The minimum atomic E-state index is 0.00352. The van der Waals surface area contributed by atoms with Crippen molar-refractivity contribution in [3.63, 3.8) is 0 Å². The van der Waals surface area contributed by atoms with Crippen LogP contribution in [0.5, 0.6) is 0 Å². The summed E-state index contributed by atoms with van der Waals surface area (Å²) in [6.07, 6.45) is 2.20. The first kappa shape index (κ1) is 14.0. The molecule has 1 aliphatic rings. The predicted molar refractivity (Wildman–Crippen MR) is 69.1 cm³/mol. The van der Waals surface area contributed by atoms with E-state index in [1.54, 1.807) is 0 Å². The van der Waals surface area contributed by atoms with E-state index in [1.165, 1.54) is 0 Å². The molecule has 0 aromatic rings. The Hall–Kier alpha value is -0.0800. The topological polar surface area (TPSA) is 46.2 Å². The molecule has 0 amide bonds. The summed E-state index contributed by atoms with van der Waals surface area (Å²) < 4.78 is 0. The van der Waals surface area contributed by atoms with Crippen molar-refractivity contribution >= 4 is 0 Å². The summed E-state index contributed by atoms with van der Waals surface area (Å²) in [5.74, 6) is 0.517. The molecule has 0 saturated heterocycles. The van der Waals surface area contributed by atoms with Gasteiger partial charge in [-0.25, -0.2) is 0 Å². The molecule has 2 nitrogen and oxygen atoms in total. The van der Waals surface area contributed by atoms with E-state index in [-0.39, 0.29) is 28.9 Å². The maximum atomic E-state index is 9.78. The number of aliphatic hydroxyl groups excluding tert-OH is 1. The van der Waals surface area contributed by atoms with Crippen LogP contribution < -0.4 is 5.73 Å². The van der Waals surface area contributed by atoms with Crippen LogP contribution in [0.1, 0.15) is 54.4 Å². The minimum absolute atomic E-state index is 0.00352. The number of hydrogen-bond donors (Lipinski definition) is 2. The van der Waals surface area contributed by atoms with Crippen molar-refractivity contribution in [3.05, 3.63) is 0 Å². The molecule has 4 unspecified atom stereocenters. The third kappa shape index (κ3) is 1.53. The lowest BCUT2D eigenvalue weighted by Gasteiger charge is -2.38. The van der Waals surface area contributed by atoms with Gasteiger partial charge in [-0.05, 0) is 35.5 Å². The highest BCUT2D eigenvalue weighted by Crippen LogP contribution is 2.77. The van der Waals surface area contributed by atoms with Gasteiger partial charge in [0, 0.05) is 12.6 Å². The van der Waals surface area contributed by atoms with Crippen LogP contribution in [0.15, 0.2) is 0 Å². The van der Waals surface area contributed by atoms with Crippen molar-refractivity contribution in [1.29, 1.82) is 0 Å². The number of aliphatic hydroxyl groups is 1. The van der Waals surface area contributed by atoms with Crippen LogP contribution in [0.2, 0.25) is 0 Å². The van der Waals surface area contributed by atoms with Crippen LogP contribution >= 0.6 is 0 Å². The summed E-state index contributed by atoms with van der Waals surface area (Å²) in [6, 6.07) is 0.211. The van der Waals surface area contributed by atoms with E-state index in [9.17, 15) is 5.11 Å². The van der Waals surface area contributed by atoms with Crippen molar-refractivity contribution in [1.82, 2.24) is 0 Å². The molecule has 0 heterocycles. The molecule has 0 spiro atoms. The Bertz CT molecular complexity index is 261. The van der Waals surface area contributed by atoms with Crippen LogP contribution in [0.3, 0.4) is 0 Å². The van der Waals surface area contributed by atoms with E-state index < -0.39 is 0 Å². The Balaban J connectivity index is 3.03. The van der Waals surface area contributed by atoms with Gasteiger partial charge in [0.15, 0.2) is 0 Å². The van der Waals surface area contributed by atoms with E-state index in [0.717, 1.165) is 12.8 Å². The zero-order valence-electron chi connectivity index (χ0n) is 11.8. The Morgan fingerprint density at radius 1 is 1.38 bits per heavy atom. The lowest BCUT2D eigenvalue weighted by molar-refractivity contribution is 0.0361. The zero-order chi connectivity index (χ0) is 12.8. The summed E-state index contributed by atoms with van der Waals surface area (Å²) in [5.41, 5.74) is 6.53. The fraction of sp³-hybridized carbons (Fsp3) is 1.00. The van der Waals surface area contributed by atoms with Gasteiger partial charge >= 0.3 is 0 Å². The molecule has 4 atom stereocenters. The minimum Gasteiger partial charge on any atom is -0.396 e. The standard InChI is InChI=1S/C14H29NO/c1-7-8-13(5,9-16)14(6)11(10(2)15)12(14,3)4/h10-11,16H,7-9,15H2,1-6H3. The molecular weight excluding hydrogens is 198 g/mol. The van der Waals surface area contributed by atoms with Crippen molar-refractivity contribution in [2.45, 2.75) is 60.4 Å². The summed E-state index contributed by atoms with van der Waals surface area (Å²) in [4.78, 5) is 0. The molecule has 1 fully saturated rings. The van der Waals surface area contributed by atoms with Crippen LogP contribution in [0.4, 0.5) is 0 Å². The van der Waals surface area contributed by atoms with Gasteiger partial charge < -0.3 is 10.8 Å². The monoisotopic (exact) mass is 227 g/mol. The Kier molecular flexibility index (Phi) is 3.49. The molecule has 0 aromatic heterocycles. The first-order valence-corrected chi connectivity index (χ1v) is 6.55. The second-order valence-electron chi connectivity index (χ2n) is 6.73. The predicted octanol–water partition coefficient (Wildman–Crippen LogP) is 2.79. The molecule has 0 bridgehead atoms. The normalized spacial score (nSPS) is 37.9. The van der Waals surface area contributed by atoms with Crippen molar-refractivity contribution in [2.24, 2.45) is 27.9 Å². The first-order valence-electron chi connectivity index (χ1n) is 6.55. The second kappa shape index (κ2) is 3.99. The van der Waals surface area contributed by atoms with Crippen LogP contribution in [0, 0.1) is 22.2 Å². The third-order valence-corrected chi connectivity index (χ3v) is 5.59. The molecule has 96 valence electrons. The summed E-state index contributed by atoms with van der Waals surface area (Å²) in [7, 11) is 0. The average Bonchev–Trinajstić information content (AvgIpc) is 2.63. The molecular formula is C14H29NO. The van der Waals surface area contributed by atoms with Gasteiger partial charge in [-0.2, -0.15) is 0 Å². The van der Waals surface area contributed by atoms with Crippen molar-refractivity contribution < 1.29 is 5.11 Å². The summed E-state index contributed by atoms with van der Waals surface area (Å²) in [5, 5.41) is 9.78. The third-order valence-electron chi connectivity index (χ3n) is 5.59. The molecule has 1 saturated carbocycles. The van der Waals surface area contributed by atoms with E-state index in [4.69, 9.17) is 5.73 Å². The highest BCUT2D eigenvalue weighted by atomic mass is 16.3. The fourth-order valence-corrected chi connectivity index (χ4v) is 4.42. The van der Waals surface area contributed by atoms with Gasteiger partial charge in [-0.3, -0.25) is 0 Å². The largest absolute Gasteiger partial charge is 0.396 e. The maximum Gasteiger partial charge on any atom is 0.0490 e. The molecule has 1 rings (SSSR count). The number of hydrogen-bond acceptors (Lipinski definition) is 2. The van der Waals surface area contributed by atoms with Crippen LogP contribution in [-0.2, 0) is 0 Å². The quantitative estimate of drug-likeness (QED) is 0.758. The molecule has 0 radical (unpaired) electrons. The zero-order valence-corrected chi connectivity index (χ0v) is 11.8. The molecule has 3 N–H and O–H groups in total. The van der Waals surface area contributed by atoms with Gasteiger partial charge in [0.25, 0.3) is 0 Å². The molecule has 16 heavy (non-hydrogen) atoms. The molecule has 0 aromatic carbocycles. The highest BCUT2D eigenvalue weighted by Gasteiger charge is 2.74. The van der Waals surface area contributed by atoms with E-state index in [1.807, 2.05) is 0 Å². The highest BCUT2D eigenvalue weighted by molar-refractivity contribution is 5.22. The Morgan fingerprint density at radius 3 is 2.12 bits per heavy atom. The van der Waals surface area contributed by atoms with E-state index >= 15 is 0 Å². The smallest absolute Gasteiger partial charge is 0.0490 e. The van der Waals surface area contributed by atoms with Gasteiger partial charge in [0.05, 0.1) is 0 Å². The maximum absolute atomic E-state index is 9.78. The summed E-state index contributed by atoms with van der Waals surface area (Å²) in [6.45, 7) is 13.7. The lowest BCUT2D eigenvalue weighted by Crippen LogP contribution is -2.36. The van der Waals surface area contributed by atoms with Crippen LogP contribution in [0.25, 0.3) is 0 Å². The second-order valence-corrected chi connectivity index (χ2v) is 6.73. The first-order chi connectivity index (χ1) is 7.19. The van der Waals surface area contributed by atoms with Crippen molar-refractivity contribution in [2.75, 3.05) is 6.61 Å². The molecule has 0 aliphatic heterocycles. The van der Waals surface area contributed by atoms with Crippen molar-refractivity contribution in [3.8, 4) is 0 Å². The van der Waals surface area contributed by atoms with Gasteiger partial charge in [-0.15, -0.1) is 0 Å². The van der Waals surface area contributed by atoms with Gasteiger partial charge in [0.1, 0.15) is 0 Å². The number of rotatable bonds is 5. The summed E-state index contributed by atoms with van der Waals surface area (Å²) >= 11 is 0. The average molecular weight is 227 g/mol. The lowest BCUT2D eigenvalue weighted by atomic mass is 9.68. The Labute approximate surface area is 101 Å². The fourth-order valence-electron chi connectivity index (χ4n) is 4.42. The van der Waals surface area contributed by atoms with Gasteiger partial charge in [-0.1, -0.05) is 41.0 Å². The van der Waals surface area contributed by atoms with E-state index in [0.29, 0.717) is 5.92 Å². The van der Waals surface area contributed by atoms with E-state index in [2.05, 4.69) is 41.5 Å². The molecule has 2 heteroatoms. The van der Waals surface area contributed by atoms with Crippen LogP contribution in [-0.4, -0.2) is 17.8 Å². The SMILES string of the molecule is CCCC(C)(CO)C1(C)C(C(C)N)C1(C)C. The number of nitrogens with two attached hydrogens (primary N) is 1. The molecule has 1 aliphatic carbocycles. The van der Waals surface area contributed by atoms with Gasteiger partial charge in [0.2, 0.25) is 0 Å². The Morgan fingerprint density at radius 2 is 1.88 bits per heavy atom.